The van der Waals surface area contributed by atoms with Crippen molar-refractivity contribution in [2.24, 2.45) is 4.99 Å². The summed E-state index contributed by atoms with van der Waals surface area (Å²) in [4.78, 5) is 8.96. The molecule has 7 heteroatoms. The van der Waals surface area contributed by atoms with Crippen LogP contribution in [-0.4, -0.2) is 63.9 Å². The lowest BCUT2D eigenvalue weighted by Gasteiger charge is -2.29. The number of rotatable bonds is 7. The van der Waals surface area contributed by atoms with Crippen molar-refractivity contribution in [3.05, 3.63) is 83.7 Å². The molecule has 0 atom stereocenters. The van der Waals surface area contributed by atoms with E-state index in [1.807, 2.05) is 55.3 Å². The summed E-state index contributed by atoms with van der Waals surface area (Å²) < 4.78 is 1.90. The van der Waals surface area contributed by atoms with E-state index in [4.69, 9.17) is 0 Å². The quantitative estimate of drug-likeness (QED) is 0.431. The van der Waals surface area contributed by atoms with Crippen LogP contribution in [-0.2, 0) is 19.6 Å². The van der Waals surface area contributed by atoms with E-state index >= 15 is 0 Å². The Morgan fingerprint density at radius 2 is 1.76 bits per heavy atom. The number of nitrogens with zero attached hydrogens (tertiary/aromatic N) is 5. The number of aliphatic hydroxyl groups excluding tert-OH is 1. The SMILES string of the molecule is CN=C(NCc1ccc(CN2CCC(O)CC2)cc1)N(C)Cc1cnn(-c2ccccc2)c1. The van der Waals surface area contributed by atoms with E-state index in [1.54, 1.807) is 0 Å². The maximum Gasteiger partial charge on any atom is 0.193 e. The van der Waals surface area contributed by atoms with Gasteiger partial charge in [-0.05, 0) is 36.1 Å². The number of aliphatic imine (C=N–C) groups is 1. The molecule has 2 aromatic carbocycles. The number of benzene rings is 2. The van der Waals surface area contributed by atoms with Gasteiger partial charge in [-0.1, -0.05) is 42.5 Å². The molecule has 1 aliphatic rings. The summed E-state index contributed by atoms with van der Waals surface area (Å²) in [5, 5.41) is 17.6. The molecule has 4 rings (SSSR count). The lowest BCUT2D eigenvalue weighted by molar-refractivity contribution is 0.0792. The highest BCUT2D eigenvalue weighted by Gasteiger charge is 2.16. The van der Waals surface area contributed by atoms with Crippen LogP contribution in [0, 0.1) is 0 Å². The van der Waals surface area contributed by atoms with Crippen molar-refractivity contribution < 1.29 is 5.11 Å². The molecule has 0 bridgehead atoms. The molecule has 7 nitrogen and oxygen atoms in total. The fourth-order valence-corrected chi connectivity index (χ4v) is 4.18. The smallest absolute Gasteiger partial charge is 0.193 e. The first-order valence-electron chi connectivity index (χ1n) is 11.6. The van der Waals surface area contributed by atoms with Crippen LogP contribution in [0.1, 0.15) is 29.5 Å². The molecule has 0 unspecified atom stereocenters. The molecule has 0 saturated carbocycles. The van der Waals surface area contributed by atoms with Crippen LogP contribution < -0.4 is 5.32 Å². The van der Waals surface area contributed by atoms with Crippen molar-refractivity contribution in [2.45, 2.75) is 38.6 Å². The van der Waals surface area contributed by atoms with Crippen molar-refractivity contribution >= 4 is 5.96 Å². The standard InChI is InChI=1S/C26H34N6O/c1-27-26(30(2)18-23-17-29-32(20-23)24-6-4-3-5-7-24)28-16-21-8-10-22(11-9-21)19-31-14-12-25(33)13-15-31/h3-11,17,20,25,33H,12-16,18-19H2,1-2H3,(H,27,28). The Balaban J connectivity index is 1.27. The number of hydrogen-bond acceptors (Lipinski definition) is 4. The lowest BCUT2D eigenvalue weighted by atomic mass is 10.1. The molecule has 2 heterocycles. The summed E-state index contributed by atoms with van der Waals surface area (Å²) in [6, 6.07) is 18.9. The zero-order valence-electron chi connectivity index (χ0n) is 19.6. The van der Waals surface area contributed by atoms with Crippen LogP contribution in [0.4, 0.5) is 0 Å². The van der Waals surface area contributed by atoms with Crippen molar-refractivity contribution in [2.75, 3.05) is 27.2 Å². The van der Waals surface area contributed by atoms with Gasteiger partial charge in [0.05, 0.1) is 18.0 Å². The van der Waals surface area contributed by atoms with Gasteiger partial charge < -0.3 is 15.3 Å². The second kappa shape index (κ2) is 11.1. The van der Waals surface area contributed by atoms with Gasteiger partial charge in [0, 0.05) is 58.6 Å². The van der Waals surface area contributed by atoms with Gasteiger partial charge in [0.1, 0.15) is 0 Å². The van der Waals surface area contributed by atoms with Gasteiger partial charge in [-0.15, -0.1) is 0 Å². The number of nitrogens with one attached hydrogen (secondary N) is 1. The highest BCUT2D eigenvalue weighted by molar-refractivity contribution is 5.79. The highest BCUT2D eigenvalue weighted by Crippen LogP contribution is 2.14. The van der Waals surface area contributed by atoms with Gasteiger partial charge in [0.15, 0.2) is 5.96 Å². The third-order valence-electron chi connectivity index (χ3n) is 6.09. The molecule has 1 aliphatic heterocycles. The van der Waals surface area contributed by atoms with Crippen LogP contribution >= 0.6 is 0 Å². The Kier molecular flexibility index (Phi) is 7.75. The van der Waals surface area contributed by atoms with E-state index in [1.165, 1.54) is 11.1 Å². The maximum absolute atomic E-state index is 9.67. The van der Waals surface area contributed by atoms with Gasteiger partial charge in [-0.25, -0.2) is 4.68 Å². The summed E-state index contributed by atoms with van der Waals surface area (Å²) in [6.45, 7) is 4.32. The number of piperidine rings is 1. The summed E-state index contributed by atoms with van der Waals surface area (Å²) >= 11 is 0. The molecule has 0 spiro atoms. The minimum absolute atomic E-state index is 0.123. The van der Waals surface area contributed by atoms with Crippen LogP contribution in [0.3, 0.4) is 0 Å². The minimum atomic E-state index is -0.123. The lowest BCUT2D eigenvalue weighted by Crippen LogP contribution is -2.38. The van der Waals surface area contributed by atoms with Gasteiger partial charge in [-0.3, -0.25) is 9.89 Å². The number of para-hydroxylation sites is 1. The molecule has 33 heavy (non-hydrogen) atoms. The third kappa shape index (κ3) is 6.43. The number of aliphatic hydroxyl groups is 1. The molecule has 3 aromatic rings. The van der Waals surface area contributed by atoms with E-state index in [0.717, 1.165) is 62.8 Å². The molecule has 1 aromatic heterocycles. The van der Waals surface area contributed by atoms with Crippen molar-refractivity contribution in [1.29, 1.82) is 0 Å². The van der Waals surface area contributed by atoms with E-state index in [-0.39, 0.29) is 6.10 Å². The largest absolute Gasteiger partial charge is 0.393 e. The fourth-order valence-electron chi connectivity index (χ4n) is 4.18. The molecular formula is C26H34N6O. The van der Waals surface area contributed by atoms with Gasteiger partial charge >= 0.3 is 0 Å². The van der Waals surface area contributed by atoms with Crippen LogP contribution in [0.2, 0.25) is 0 Å². The predicted molar refractivity (Wildman–Crippen MR) is 132 cm³/mol. The second-order valence-electron chi connectivity index (χ2n) is 8.71. The maximum atomic E-state index is 9.67. The monoisotopic (exact) mass is 446 g/mol. The predicted octanol–water partition coefficient (Wildman–Crippen LogP) is 3.04. The zero-order valence-corrected chi connectivity index (χ0v) is 19.6. The molecule has 2 N–H and O–H groups in total. The Bertz CT molecular complexity index is 1020. The van der Waals surface area contributed by atoms with E-state index < -0.39 is 0 Å². The third-order valence-corrected chi connectivity index (χ3v) is 6.09. The van der Waals surface area contributed by atoms with Crippen LogP contribution in [0.15, 0.2) is 72.0 Å². The normalized spacial score (nSPS) is 15.5. The average molecular weight is 447 g/mol. The fraction of sp³-hybridized carbons (Fsp3) is 0.385. The highest BCUT2D eigenvalue weighted by atomic mass is 16.3. The Morgan fingerprint density at radius 1 is 1.06 bits per heavy atom. The minimum Gasteiger partial charge on any atom is -0.393 e. The molecule has 0 aliphatic carbocycles. The summed E-state index contributed by atoms with van der Waals surface area (Å²) in [6.07, 6.45) is 5.59. The van der Waals surface area contributed by atoms with Crippen LogP contribution in [0.25, 0.3) is 5.69 Å². The average Bonchev–Trinajstić information content (AvgIpc) is 3.31. The summed E-state index contributed by atoms with van der Waals surface area (Å²) in [5.74, 6) is 0.846. The summed E-state index contributed by atoms with van der Waals surface area (Å²) in [7, 11) is 3.85. The molecular weight excluding hydrogens is 412 g/mol. The van der Waals surface area contributed by atoms with Gasteiger partial charge in [0.2, 0.25) is 0 Å². The second-order valence-corrected chi connectivity index (χ2v) is 8.71. The number of hydrogen-bond donors (Lipinski definition) is 2. The van der Waals surface area contributed by atoms with Gasteiger partial charge in [-0.2, -0.15) is 5.10 Å². The van der Waals surface area contributed by atoms with Gasteiger partial charge in [0.25, 0.3) is 0 Å². The van der Waals surface area contributed by atoms with E-state index in [2.05, 4.69) is 55.7 Å². The molecule has 174 valence electrons. The first-order chi connectivity index (χ1) is 16.1. The van der Waals surface area contributed by atoms with E-state index in [9.17, 15) is 5.11 Å². The molecule has 1 saturated heterocycles. The molecule has 0 radical (unpaired) electrons. The zero-order chi connectivity index (χ0) is 23.0. The first kappa shape index (κ1) is 23.0. The Labute approximate surface area is 196 Å². The molecule has 1 fully saturated rings. The summed E-state index contributed by atoms with van der Waals surface area (Å²) in [5.41, 5.74) is 4.71. The van der Waals surface area contributed by atoms with E-state index in [0.29, 0.717) is 0 Å². The topological polar surface area (TPSA) is 68.9 Å². The number of aromatic nitrogens is 2. The van der Waals surface area contributed by atoms with Crippen molar-refractivity contribution in [1.82, 2.24) is 24.9 Å². The number of likely N-dealkylation sites (tertiary alicyclic amines) is 1. The van der Waals surface area contributed by atoms with Crippen molar-refractivity contribution in [3.8, 4) is 5.69 Å². The van der Waals surface area contributed by atoms with Crippen LogP contribution in [0.5, 0.6) is 0 Å². The Morgan fingerprint density at radius 3 is 2.45 bits per heavy atom. The number of guanidine groups is 1. The Hall–Kier alpha value is -3.16. The van der Waals surface area contributed by atoms with Crippen molar-refractivity contribution in [3.63, 3.8) is 0 Å². The molecule has 0 amide bonds. The first-order valence-corrected chi connectivity index (χ1v) is 11.6.